The first kappa shape index (κ1) is 17.5. The van der Waals surface area contributed by atoms with Gasteiger partial charge in [-0.2, -0.15) is 0 Å². The summed E-state index contributed by atoms with van der Waals surface area (Å²) < 4.78 is 0. The van der Waals surface area contributed by atoms with Gasteiger partial charge in [-0.05, 0) is 42.7 Å². The van der Waals surface area contributed by atoms with Crippen molar-refractivity contribution in [3.05, 3.63) is 82.9 Å². The first-order chi connectivity index (χ1) is 12.6. The summed E-state index contributed by atoms with van der Waals surface area (Å²) in [4.78, 5) is 25.1. The molecule has 26 heavy (non-hydrogen) atoms. The molecule has 2 N–H and O–H groups in total. The number of aryl methyl sites for hydroxylation is 2. The largest absolute Gasteiger partial charge is 0.350 e. The van der Waals surface area contributed by atoms with Gasteiger partial charge in [-0.3, -0.25) is 9.78 Å². The molecule has 2 aromatic heterocycles. The Kier molecular flexibility index (Phi) is 5.53. The zero-order valence-corrected chi connectivity index (χ0v) is 14.9. The van der Waals surface area contributed by atoms with Gasteiger partial charge in [0, 0.05) is 31.2 Å². The second-order valence-electron chi connectivity index (χ2n) is 6.04. The van der Waals surface area contributed by atoms with Gasteiger partial charge in [-0.15, -0.1) is 0 Å². The van der Waals surface area contributed by atoms with Gasteiger partial charge >= 0.3 is 0 Å². The van der Waals surface area contributed by atoms with Crippen molar-refractivity contribution in [1.29, 1.82) is 0 Å². The third-order valence-corrected chi connectivity index (χ3v) is 3.96. The van der Waals surface area contributed by atoms with E-state index in [1.54, 1.807) is 18.5 Å². The molecular formula is C20H21N5O. The maximum Gasteiger partial charge on any atom is 0.270 e. The normalized spacial score (nSPS) is 10.4. The molecule has 0 fully saturated rings. The summed E-state index contributed by atoms with van der Waals surface area (Å²) in [6.45, 7) is 4.92. The lowest BCUT2D eigenvalue weighted by atomic mass is 10.1. The van der Waals surface area contributed by atoms with Crippen LogP contribution in [0.5, 0.6) is 0 Å². The van der Waals surface area contributed by atoms with Crippen LogP contribution in [0.15, 0.2) is 54.9 Å². The number of carbonyl (C=O) groups excluding carboxylic acids is 1. The van der Waals surface area contributed by atoms with E-state index in [1.807, 2.05) is 31.2 Å². The number of rotatable bonds is 6. The monoisotopic (exact) mass is 347 g/mol. The van der Waals surface area contributed by atoms with Crippen LogP contribution in [0, 0.1) is 13.8 Å². The topological polar surface area (TPSA) is 79.8 Å². The lowest BCUT2D eigenvalue weighted by Gasteiger charge is -2.10. The minimum atomic E-state index is -0.238. The highest BCUT2D eigenvalue weighted by molar-refractivity contribution is 5.92. The average Bonchev–Trinajstić information content (AvgIpc) is 2.66. The fourth-order valence-electron chi connectivity index (χ4n) is 2.52. The second kappa shape index (κ2) is 8.20. The molecule has 0 radical (unpaired) electrons. The van der Waals surface area contributed by atoms with E-state index in [4.69, 9.17) is 0 Å². The Morgan fingerprint density at radius 1 is 1.04 bits per heavy atom. The fraction of sp³-hybridized carbons (Fsp3) is 0.200. The van der Waals surface area contributed by atoms with E-state index >= 15 is 0 Å². The van der Waals surface area contributed by atoms with Gasteiger partial charge in [0.2, 0.25) is 5.95 Å². The van der Waals surface area contributed by atoms with Crippen molar-refractivity contribution in [2.24, 2.45) is 0 Å². The van der Waals surface area contributed by atoms with Crippen molar-refractivity contribution in [1.82, 2.24) is 20.3 Å². The number of hydrogen-bond donors (Lipinski definition) is 2. The lowest BCUT2D eigenvalue weighted by Crippen LogP contribution is -2.24. The van der Waals surface area contributed by atoms with Crippen molar-refractivity contribution >= 4 is 11.9 Å². The predicted octanol–water partition coefficient (Wildman–Crippen LogP) is 3.03. The molecule has 0 saturated carbocycles. The van der Waals surface area contributed by atoms with Crippen LogP contribution in [-0.2, 0) is 13.1 Å². The Bertz CT molecular complexity index is 896. The summed E-state index contributed by atoms with van der Waals surface area (Å²) in [5, 5.41) is 6.06. The van der Waals surface area contributed by atoms with E-state index in [1.165, 1.54) is 11.1 Å². The zero-order chi connectivity index (χ0) is 18.4. The number of nitrogens with one attached hydrogen (secondary N) is 2. The maximum atomic E-state index is 12.4. The van der Waals surface area contributed by atoms with Crippen LogP contribution in [0.1, 0.15) is 32.9 Å². The highest BCUT2D eigenvalue weighted by atomic mass is 16.1. The molecule has 1 amide bonds. The number of anilines is 1. The third-order valence-electron chi connectivity index (χ3n) is 3.96. The summed E-state index contributed by atoms with van der Waals surface area (Å²) in [5.41, 5.74) is 4.37. The molecule has 0 atom stereocenters. The Morgan fingerprint density at radius 2 is 1.88 bits per heavy atom. The van der Waals surface area contributed by atoms with Gasteiger partial charge in [0.25, 0.3) is 5.91 Å². The number of nitrogens with zero attached hydrogens (tertiary/aromatic N) is 3. The Labute approximate surface area is 152 Å². The number of carbonyl (C=O) groups is 1. The van der Waals surface area contributed by atoms with Gasteiger partial charge < -0.3 is 10.6 Å². The maximum absolute atomic E-state index is 12.4. The van der Waals surface area contributed by atoms with E-state index in [9.17, 15) is 4.79 Å². The molecule has 0 aliphatic heterocycles. The molecule has 0 unspecified atom stereocenters. The fourth-order valence-corrected chi connectivity index (χ4v) is 2.52. The number of pyridine rings is 1. The summed E-state index contributed by atoms with van der Waals surface area (Å²) in [6.07, 6.45) is 3.42. The summed E-state index contributed by atoms with van der Waals surface area (Å²) >= 11 is 0. The Hall–Kier alpha value is -3.28. The van der Waals surface area contributed by atoms with Crippen LogP contribution in [0.4, 0.5) is 5.95 Å². The van der Waals surface area contributed by atoms with E-state index in [-0.39, 0.29) is 5.91 Å². The highest BCUT2D eigenvalue weighted by Crippen LogP contribution is 2.11. The van der Waals surface area contributed by atoms with Gasteiger partial charge in [0.1, 0.15) is 5.69 Å². The predicted molar refractivity (Wildman–Crippen MR) is 101 cm³/mol. The standard InChI is InChI=1S/C20H21N5O/c1-14-6-3-4-8-17(14)13-23-20-24-15(2)10-18(25-20)19(26)22-12-16-7-5-9-21-11-16/h3-11H,12-13H2,1-2H3,(H,22,26)(H,23,24,25). The van der Waals surface area contributed by atoms with E-state index in [2.05, 4.69) is 44.6 Å². The van der Waals surface area contributed by atoms with Gasteiger partial charge in [0.05, 0.1) is 0 Å². The van der Waals surface area contributed by atoms with Gasteiger partial charge in [-0.25, -0.2) is 9.97 Å². The van der Waals surface area contributed by atoms with Crippen molar-refractivity contribution in [2.75, 3.05) is 5.32 Å². The molecule has 132 valence electrons. The average molecular weight is 347 g/mol. The molecule has 3 rings (SSSR count). The number of hydrogen-bond acceptors (Lipinski definition) is 5. The second-order valence-corrected chi connectivity index (χ2v) is 6.04. The van der Waals surface area contributed by atoms with E-state index in [0.29, 0.717) is 24.7 Å². The number of aromatic nitrogens is 3. The van der Waals surface area contributed by atoms with Crippen LogP contribution < -0.4 is 10.6 Å². The van der Waals surface area contributed by atoms with E-state index < -0.39 is 0 Å². The molecule has 0 bridgehead atoms. The molecular weight excluding hydrogens is 326 g/mol. The third kappa shape index (κ3) is 4.63. The molecule has 3 aromatic rings. The molecule has 1 aromatic carbocycles. The number of amides is 1. The smallest absolute Gasteiger partial charge is 0.270 e. The SMILES string of the molecule is Cc1cc(C(=O)NCc2cccnc2)nc(NCc2ccccc2C)n1. The molecule has 2 heterocycles. The molecule has 0 aliphatic carbocycles. The van der Waals surface area contributed by atoms with Crippen LogP contribution in [-0.4, -0.2) is 20.9 Å². The summed E-state index contributed by atoms with van der Waals surface area (Å²) in [5.74, 6) is 0.207. The van der Waals surface area contributed by atoms with Crippen LogP contribution in [0.2, 0.25) is 0 Å². The van der Waals surface area contributed by atoms with Crippen molar-refractivity contribution in [3.8, 4) is 0 Å². The van der Waals surface area contributed by atoms with Crippen molar-refractivity contribution in [3.63, 3.8) is 0 Å². The molecule has 6 nitrogen and oxygen atoms in total. The quantitative estimate of drug-likeness (QED) is 0.716. The molecule has 6 heteroatoms. The zero-order valence-electron chi connectivity index (χ0n) is 14.9. The van der Waals surface area contributed by atoms with Gasteiger partial charge in [-0.1, -0.05) is 30.3 Å². The molecule has 0 aliphatic rings. The molecule has 0 spiro atoms. The highest BCUT2D eigenvalue weighted by Gasteiger charge is 2.11. The minimum Gasteiger partial charge on any atom is -0.350 e. The Balaban J connectivity index is 1.67. The van der Waals surface area contributed by atoms with Crippen molar-refractivity contribution < 1.29 is 4.79 Å². The number of benzene rings is 1. The van der Waals surface area contributed by atoms with Crippen LogP contribution in [0.3, 0.4) is 0 Å². The summed E-state index contributed by atoms with van der Waals surface area (Å²) in [6, 6.07) is 13.5. The van der Waals surface area contributed by atoms with Crippen LogP contribution in [0.25, 0.3) is 0 Å². The minimum absolute atomic E-state index is 0.238. The van der Waals surface area contributed by atoms with Gasteiger partial charge in [0.15, 0.2) is 0 Å². The van der Waals surface area contributed by atoms with E-state index in [0.717, 1.165) is 11.3 Å². The molecule has 0 saturated heterocycles. The Morgan fingerprint density at radius 3 is 2.65 bits per heavy atom. The first-order valence-corrected chi connectivity index (χ1v) is 8.43. The lowest BCUT2D eigenvalue weighted by molar-refractivity contribution is 0.0945. The first-order valence-electron chi connectivity index (χ1n) is 8.43. The van der Waals surface area contributed by atoms with Crippen molar-refractivity contribution in [2.45, 2.75) is 26.9 Å². The van der Waals surface area contributed by atoms with Crippen LogP contribution >= 0.6 is 0 Å². The summed E-state index contributed by atoms with van der Waals surface area (Å²) in [7, 11) is 0.